The van der Waals surface area contributed by atoms with Gasteiger partial charge in [0.2, 0.25) is 5.95 Å². The van der Waals surface area contributed by atoms with Crippen molar-refractivity contribution in [3.8, 4) is 0 Å². The van der Waals surface area contributed by atoms with Crippen molar-refractivity contribution in [2.75, 3.05) is 11.4 Å². The van der Waals surface area contributed by atoms with Crippen molar-refractivity contribution < 1.29 is 14.3 Å². The van der Waals surface area contributed by atoms with Crippen LogP contribution in [0, 0.1) is 5.82 Å². The topological polar surface area (TPSA) is 66.3 Å². The summed E-state index contributed by atoms with van der Waals surface area (Å²) in [6, 6.07) is 14.6. The summed E-state index contributed by atoms with van der Waals surface area (Å²) in [5, 5.41) is 9.57. The predicted molar refractivity (Wildman–Crippen MR) is 116 cm³/mol. The van der Waals surface area contributed by atoms with Crippen LogP contribution in [0.25, 0.3) is 0 Å². The lowest BCUT2D eigenvalue weighted by atomic mass is 10.0. The molecule has 1 atom stereocenters. The maximum absolute atomic E-state index is 13.1. The monoisotopic (exact) mass is 469 g/mol. The molecule has 0 saturated carbocycles. The number of carboxylic acid groups (broad SMARTS) is 1. The summed E-state index contributed by atoms with van der Waals surface area (Å²) in [6.45, 7) is 0.820. The Hall–Kier alpha value is -2.80. The van der Waals surface area contributed by atoms with Crippen molar-refractivity contribution in [1.29, 1.82) is 0 Å². The SMILES string of the molecule is O=C(O)c1cnc(N2CCC[C@@H]2c2cccc(Br)c2)nc1CCc1ccc(F)cc1. The Morgan fingerprint density at radius 1 is 1.20 bits per heavy atom. The first-order valence-corrected chi connectivity index (χ1v) is 10.7. The maximum atomic E-state index is 13.1. The van der Waals surface area contributed by atoms with Crippen molar-refractivity contribution in [1.82, 2.24) is 9.97 Å². The Balaban J connectivity index is 1.61. The Morgan fingerprint density at radius 3 is 2.73 bits per heavy atom. The Morgan fingerprint density at radius 2 is 2.00 bits per heavy atom. The van der Waals surface area contributed by atoms with Gasteiger partial charge in [-0.05, 0) is 61.1 Å². The molecule has 5 nitrogen and oxygen atoms in total. The molecule has 0 bridgehead atoms. The second-order valence-corrected chi connectivity index (χ2v) is 8.28. The number of carboxylic acids is 1. The molecule has 154 valence electrons. The zero-order valence-electron chi connectivity index (χ0n) is 16.3. The molecule has 0 aliphatic carbocycles. The minimum absolute atomic E-state index is 0.110. The van der Waals surface area contributed by atoms with Gasteiger partial charge in [0.15, 0.2) is 0 Å². The van der Waals surface area contributed by atoms with E-state index < -0.39 is 5.97 Å². The summed E-state index contributed by atoms with van der Waals surface area (Å²) in [5.74, 6) is -0.779. The summed E-state index contributed by atoms with van der Waals surface area (Å²) in [7, 11) is 0. The van der Waals surface area contributed by atoms with E-state index >= 15 is 0 Å². The van der Waals surface area contributed by atoms with Gasteiger partial charge in [-0.2, -0.15) is 0 Å². The van der Waals surface area contributed by atoms with Crippen LogP contribution in [-0.2, 0) is 12.8 Å². The Labute approximate surface area is 182 Å². The van der Waals surface area contributed by atoms with E-state index in [9.17, 15) is 14.3 Å². The fraction of sp³-hybridized carbons (Fsp3) is 0.261. The number of hydrogen-bond donors (Lipinski definition) is 1. The third-order valence-electron chi connectivity index (χ3n) is 5.39. The van der Waals surface area contributed by atoms with Gasteiger partial charge in [-0.25, -0.2) is 19.2 Å². The second-order valence-electron chi connectivity index (χ2n) is 7.37. The number of aromatic nitrogens is 2. The molecule has 1 N–H and O–H groups in total. The molecule has 1 aliphatic heterocycles. The Kier molecular flexibility index (Phi) is 6.08. The standard InChI is InChI=1S/C23H21BrFN3O2/c24-17-4-1-3-16(13-17)21-5-2-12-28(21)23-26-14-19(22(29)30)20(27-23)11-8-15-6-9-18(25)10-7-15/h1,3-4,6-7,9-10,13-14,21H,2,5,8,11-12H2,(H,29,30)/t21-/m1/s1. The van der Waals surface area contributed by atoms with Crippen LogP contribution in [0.3, 0.4) is 0 Å². The largest absolute Gasteiger partial charge is 0.478 e. The molecule has 1 aromatic heterocycles. The number of carbonyl (C=O) groups is 1. The molecular weight excluding hydrogens is 449 g/mol. The number of halogens is 2. The molecule has 2 heterocycles. The van der Waals surface area contributed by atoms with Crippen LogP contribution in [0.5, 0.6) is 0 Å². The van der Waals surface area contributed by atoms with Crippen LogP contribution < -0.4 is 4.90 Å². The van der Waals surface area contributed by atoms with E-state index in [0.717, 1.165) is 29.4 Å². The summed E-state index contributed by atoms with van der Waals surface area (Å²) in [6.07, 6.45) is 4.43. The average Bonchev–Trinajstić information content (AvgIpc) is 3.23. The van der Waals surface area contributed by atoms with Crippen LogP contribution in [0.15, 0.2) is 59.2 Å². The first-order chi connectivity index (χ1) is 14.5. The molecule has 3 aromatic rings. The van der Waals surface area contributed by atoms with E-state index in [1.54, 1.807) is 12.1 Å². The number of nitrogens with zero attached hydrogens (tertiary/aromatic N) is 3. The molecule has 0 unspecified atom stereocenters. The van der Waals surface area contributed by atoms with Crippen LogP contribution in [-0.4, -0.2) is 27.6 Å². The van der Waals surface area contributed by atoms with E-state index in [0.29, 0.717) is 24.5 Å². The van der Waals surface area contributed by atoms with Gasteiger partial charge in [0.25, 0.3) is 0 Å². The molecule has 4 rings (SSSR count). The van der Waals surface area contributed by atoms with E-state index in [1.165, 1.54) is 23.9 Å². The molecule has 1 fully saturated rings. The van der Waals surface area contributed by atoms with Crippen LogP contribution in [0.4, 0.5) is 10.3 Å². The van der Waals surface area contributed by atoms with Gasteiger partial charge < -0.3 is 10.0 Å². The van der Waals surface area contributed by atoms with E-state index in [-0.39, 0.29) is 17.4 Å². The quantitative estimate of drug-likeness (QED) is 0.536. The third-order valence-corrected chi connectivity index (χ3v) is 5.89. The van der Waals surface area contributed by atoms with E-state index in [1.807, 2.05) is 12.1 Å². The highest BCUT2D eigenvalue weighted by atomic mass is 79.9. The van der Waals surface area contributed by atoms with Crippen molar-refractivity contribution in [3.63, 3.8) is 0 Å². The zero-order chi connectivity index (χ0) is 21.1. The van der Waals surface area contributed by atoms with Gasteiger partial charge in [-0.3, -0.25) is 0 Å². The summed E-state index contributed by atoms with van der Waals surface area (Å²) < 4.78 is 14.2. The first kappa shape index (κ1) is 20.5. The summed E-state index contributed by atoms with van der Waals surface area (Å²) >= 11 is 3.53. The number of hydrogen-bond acceptors (Lipinski definition) is 4. The van der Waals surface area contributed by atoms with Crippen molar-refractivity contribution in [2.45, 2.75) is 31.7 Å². The number of rotatable bonds is 6. The molecule has 30 heavy (non-hydrogen) atoms. The molecule has 0 radical (unpaired) electrons. The number of anilines is 1. The molecule has 1 saturated heterocycles. The molecule has 1 aliphatic rings. The lowest BCUT2D eigenvalue weighted by Gasteiger charge is -2.25. The van der Waals surface area contributed by atoms with E-state index in [2.05, 4.69) is 42.9 Å². The van der Waals surface area contributed by atoms with Gasteiger partial charge in [0.05, 0.1) is 17.3 Å². The third kappa shape index (κ3) is 4.51. The second kappa shape index (κ2) is 8.92. The average molecular weight is 470 g/mol. The van der Waals surface area contributed by atoms with Crippen molar-refractivity contribution >= 4 is 27.8 Å². The van der Waals surface area contributed by atoms with Crippen molar-refractivity contribution in [2.24, 2.45) is 0 Å². The normalized spacial score (nSPS) is 16.1. The molecule has 7 heteroatoms. The molecule has 0 amide bonds. The number of aryl methyl sites for hydroxylation is 2. The first-order valence-electron chi connectivity index (χ1n) is 9.87. The van der Waals surface area contributed by atoms with Gasteiger partial charge in [0, 0.05) is 17.2 Å². The molecular formula is C23H21BrFN3O2. The van der Waals surface area contributed by atoms with Crippen molar-refractivity contribution in [3.05, 3.63) is 87.4 Å². The smallest absolute Gasteiger partial charge is 0.339 e. The van der Waals surface area contributed by atoms with Crippen LogP contribution >= 0.6 is 15.9 Å². The van der Waals surface area contributed by atoms with E-state index in [4.69, 9.17) is 0 Å². The van der Waals surface area contributed by atoms with Gasteiger partial charge in [-0.1, -0.05) is 40.2 Å². The van der Waals surface area contributed by atoms with Gasteiger partial charge >= 0.3 is 5.97 Å². The molecule has 2 aromatic carbocycles. The maximum Gasteiger partial charge on any atom is 0.339 e. The fourth-order valence-corrected chi connectivity index (χ4v) is 4.31. The lowest BCUT2D eigenvalue weighted by Crippen LogP contribution is -2.25. The van der Waals surface area contributed by atoms with Gasteiger partial charge in [-0.15, -0.1) is 0 Å². The highest BCUT2D eigenvalue weighted by Gasteiger charge is 2.29. The zero-order valence-corrected chi connectivity index (χ0v) is 17.8. The summed E-state index contributed by atoms with van der Waals surface area (Å²) in [5.41, 5.74) is 2.72. The highest BCUT2D eigenvalue weighted by molar-refractivity contribution is 9.10. The van der Waals surface area contributed by atoms with Crippen LogP contribution in [0.1, 0.15) is 46.1 Å². The minimum atomic E-state index is -1.04. The summed E-state index contributed by atoms with van der Waals surface area (Å²) in [4.78, 5) is 22.9. The minimum Gasteiger partial charge on any atom is -0.478 e. The lowest BCUT2D eigenvalue weighted by molar-refractivity contribution is 0.0694. The van der Waals surface area contributed by atoms with Crippen LogP contribution in [0.2, 0.25) is 0 Å². The molecule has 0 spiro atoms. The Bertz CT molecular complexity index is 1060. The number of benzene rings is 2. The fourth-order valence-electron chi connectivity index (χ4n) is 3.89. The highest BCUT2D eigenvalue weighted by Crippen LogP contribution is 2.35. The predicted octanol–water partition coefficient (Wildman–Crippen LogP) is 5.20. The van der Waals surface area contributed by atoms with Gasteiger partial charge in [0.1, 0.15) is 5.82 Å². The number of aromatic carboxylic acids is 1.